The van der Waals surface area contributed by atoms with Crippen LogP contribution in [0.25, 0.3) is 10.9 Å². The van der Waals surface area contributed by atoms with Gasteiger partial charge in [-0.15, -0.1) is 24.0 Å². The summed E-state index contributed by atoms with van der Waals surface area (Å²) in [6, 6.07) is 6.23. The average molecular weight is 528 g/mol. The zero-order valence-electron chi connectivity index (χ0n) is 16.7. The van der Waals surface area contributed by atoms with Crippen LogP contribution in [0.5, 0.6) is 0 Å². The van der Waals surface area contributed by atoms with Crippen LogP contribution in [-0.2, 0) is 19.4 Å². The number of nitrogens with one attached hydrogen (secondary N) is 3. The Morgan fingerprint density at radius 1 is 1.41 bits per heavy atom. The molecular formula is C20H27ClIN7. The molecule has 0 aliphatic carbocycles. The highest BCUT2D eigenvalue weighted by Gasteiger charge is 2.21. The summed E-state index contributed by atoms with van der Waals surface area (Å²) in [5.74, 6) is 2.77. The van der Waals surface area contributed by atoms with E-state index in [-0.39, 0.29) is 24.0 Å². The SMILES string of the molecule is CCNC(=NCCc1c[nH]c2ccc(Cl)cc12)NC1CCc2nc(C)nn2C1.I. The van der Waals surface area contributed by atoms with Gasteiger partial charge in [-0.2, -0.15) is 5.10 Å². The molecule has 0 spiro atoms. The molecule has 0 amide bonds. The van der Waals surface area contributed by atoms with E-state index in [0.29, 0.717) is 12.6 Å². The Kier molecular flexibility index (Phi) is 7.39. The molecule has 1 atom stereocenters. The van der Waals surface area contributed by atoms with Gasteiger partial charge in [0.05, 0.1) is 6.54 Å². The molecular weight excluding hydrogens is 501 g/mol. The van der Waals surface area contributed by atoms with Gasteiger partial charge < -0.3 is 15.6 Å². The maximum atomic E-state index is 6.15. The summed E-state index contributed by atoms with van der Waals surface area (Å²) >= 11 is 6.15. The van der Waals surface area contributed by atoms with Crippen molar-refractivity contribution in [1.29, 1.82) is 0 Å². The number of hydrogen-bond donors (Lipinski definition) is 3. The van der Waals surface area contributed by atoms with Gasteiger partial charge in [0, 0.05) is 47.7 Å². The highest BCUT2D eigenvalue weighted by molar-refractivity contribution is 14.0. The van der Waals surface area contributed by atoms with E-state index in [9.17, 15) is 0 Å². The van der Waals surface area contributed by atoms with E-state index in [0.717, 1.165) is 60.5 Å². The number of aromatic nitrogens is 4. The average Bonchev–Trinajstić information content (AvgIpc) is 3.23. The second kappa shape index (κ2) is 9.80. The summed E-state index contributed by atoms with van der Waals surface area (Å²) in [5, 5.41) is 13.3. The number of rotatable bonds is 5. The van der Waals surface area contributed by atoms with Crippen LogP contribution in [0, 0.1) is 6.92 Å². The molecule has 3 N–H and O–H groups in total. The lowest BCUT2D eigenvalue weighted by molar-refractivity contribution is 0.392. The van der Waals surface area contributed by atoms with Crippen LogP contribution < -0.4 is 10.6 Å². The fourth-order valence-electron chi connectivity index (χ4n) is 3.71. The monoisotopic (exact) mass is 527 g/mol. The number of hydrogen-bond acceptors (Lipinski definition) is 3. The van der Waals surface area contributed by atoms with Gasteiger partial charge in [-0.1, -0.05) is 11.6 Å². The van der Waals surface area contributed by atoms with Crippen molar-refractivity contribution in [2.45, 2.75) is 45.7 Å². The maximum absolute atomic E-state index is 6.15. The first-order valence-corrected chi connectivity index (χ1v) is 10.2. The molecule has 3 aromatic rings. The standard InChI is InChI=1S/C20H26ClN7.HI/c1-3-22-20(26-16-5-7-19-25-13(2)27-28(19)12-16)23-9-8-14-11-24-18-6-4-15(21)10-17(14)18;/h4,6,10-11,16,24H,3,5,7-9,12H2,1-2H3,(H2,22,23,26);1H. The fraction of sp³-hybridized carbons (Fsp3) is 0.450. The number of aryl methyl sites for hydroxylation is 2. The van der Waals surface area contributed by atoms with Crippen LogP contribution in [0.15, 0.2) is 29.4 Å². The molecule has 29 heavy (non-hydrogen) atoms. The lowest BCUT2D eigenvalue weighted by Crippen LogP contribution is -2.47. The van der Waals surface area contributed by atoms with Crippen molar-refractivity contribution >= 4 is 52.4 Å². The molecule has 0 fully saturated rings. The van der Waals surface area contributed by atoms with Crippen LogP contribution >= 0.6 is 35.6 Å². The summed E-state index contributed by atoms with van der Waals surface area (Å²) in [6.45, 7) is 6.38. The normalized spacial score (nSPS) is 16.4. The predicted octanol–water partition coefficient (Wildman–Crippen LogP) is 3.45. The summed E-state index contributed by atoms with van der Waals surface area (Å²) in [7, 11) is 0. The van der Waals surface area contributed by atoms with Crippen molar-refractivity contribution < 1.29 is 0 Å². The molecule has 7 nitrogen and oxygen atoms in total. The molecule has 1 aliphatic heterocycles. The third-order valence-corrected chi connectivity index (χ3v) is 5.26. The van der Waals surface area contributed by atoms with Crippen LogP contribution in [-0.4, -0.2) is 44.8 Å². The minimum atomic E-state index is 0. The van der Waals surface area contributed by atoms with E-state index in [1.807, 2.05) is 36.0 Å². The molecule has 1 unspecified atom stereocenters. The number of H-pyrrole nitrogens is 1. The van der Waals surface area contributed by atoms with Gasteiger partial charge in [-0.3, -0.25) is 4.99 Å². The van der Waals surface area contributed by atoms with Gasteiger partial charge in [0.1, 0.15) is 11.6 Å². The molecule has 2 aromatic heterocycles. The van der Waals surface area contributed by atoms with Crippen molar-refractivity contribution in [2.24, 2.45) is 4.99 Å². The summed E-state index contributed by atoms with van der Waals surface area (Å²) in [4.78, 5) is 12.6. The molecule has 156 valence electrons. The molecule has 9 heteroatoms. The third kappa shape index (κ3) is 5.22. The highest BCUT2D eigenvalue weighted by atomic mass is 127. The van der Waals surface area contributed by atoms with Crippen LogP contribution in [0.3, 0.4) is 0 Å². The molecule has 1 aliphatic rings. The number of benzene rings is 1. The Hall–Kier alpha value is -1.81. The van der Waals surface area contributed by atoms with Gasteiger partial charge in [-0.05, 0) is 50.5 Å². The first-order chi connectivity index (χ1) is 13.6. The molecule has 0 saturated heterocycles. The van der Waals surface area contributed by atoms with E-state index < -0.39 is 0 Å². The van der Waals surface area contributed by atoms with Crippen molar-refractivity contribution in [3.05, 3.63) is 46.6 Å². The first-order valence-electron chi connectivity index (χ1n) is 9.83. The molecule has 1 aromatic carbocycles. The van der Waals surface area contributed by atoms with E-state index in [4.69, 9.17) is 16.6 Å². The van der Waals surface area contributed by atoms with Crippen molar-refractivity contribution in [3.8, 4) is 0 Å². The van der Waals surface area contributed by atoms with Gasteiger partial charge in [-0.25, -0.2) is 9.67 Å². The van der Waals surface area contributed by atoms with Gasteiger partial charge >= 0.3 is 0 Å². The minimum Gasteiger partial charge on any atom is -0.361 e. The minimum absolute atomic E-state index is 0. The van der Waals surface area contributed by atoms with Gasteiger partial charge in [0.2, 0.25) is 0 Å². The summed E-state index contributed by atoms with van der Waals surface area (Å²) in [5.41, 5.74) is 2.34. The van der Waals surface area contributed by atoms with E-state index in [1.54, 1.807) is 0 Å². The maximum Gasteiger partial charge on any atom is 0.191 e. The second-order valence-corrected chi connectivity index (χ2v) is 7.59. The molecule has 0 radical (unpaired) electrons. The van der Waals surface area contributed by atoms with Crippen molar-refractivity contribution in [3.63, 3.8) is 0 Å². The number of halogens is 2. The smallest absolute Gasteiger partial charge is 0.191 e. The largest absolute Gasteiger partial charge is 0.361 e. The van der Waals surface area contributed by atoms with E-state index in [2.05, 4.69) is 32.6 Å². The predicted molar refractivity (Wildman–Crippen MR) is 128 cm³/mol. The van der Waals surface area contributed by atoms with Crippen LogP contribution in [0.4, 0.5) is 0 Å². The second-order valence-electron chi connectivity index (χ2n) is 7.15. The first kappa shape index (κ1) is 21.9. The summed E-state index contributed by atoms with van der Waals surface area (Å²) in [6.07, 6.45) is 4.87. The van der Waals surface area contributed by atoms with Crippen molar-refractivity contribution in [2.75, 3.05) is 13.1 Å². The highest BCUT2D eigenvalue weighted by Crippen LogP contribution is 2.22. The Labute approximate surface area is 192 Å². The topological polar surface area (TPSA) is 82.9 Å². The number of aliphatic imine (C=N–C) groups is 1. The fourth-order valence-corrected chi connectivity index (χ4v) is 3.88. The number of guanidine groups is 1. The zero-order valence-corrected chi connectivity index (χ0v) is 19.8. The molecule has 4 rings (SSSR count). The Morgan fingerprint density at radius 3 is 3.10 bits per heavy atom. The van der Waals surface area contributed by atoms with Gasteiger partial charge in [0.25, 0.3) is 0 Å². The molecule has 0 saturated carbocycles. The number of aromatic amines is 1. The Morgan fingerprint density at radius 2 is 2.28 bits per heavy atom. The lowest BCUT2D eigenvalue weighted by atomic mass is 10.1. The number of nitrogens with zero attached hydrogens (tertiary/aromatic N) is 4. The van der Waals surface area contributed by atoms with Gasteiger partial charge in [0.15, 0.2) is 5.96 Å². The quantitative estimate of drug-likeness (QED) is 0.270. The van der Waals surface area contributed by atoms with Crippen LogP contribution in [0.1, 0.15) is 30.6 Å². The summed E-state index contributed by atoms with van der Waals surface area (Å²) < 4.78 is 2.01. The van der Waals surface area contributed by atoms with E-state index in [1.165, 1.54) is 10.9 Å². The molecule has 0 bridgehead atoms. The van der Waals surface area contributed by atoms with Crippen molar-refractivity contribution in [1.82, 2.24) is 30.4 Å². The van der Waals surface area contributed by atoms with Crippen LogP contribution in [0.2, 0.25) is 5.02 Å². The Balaban J connectivity index is 0.00000240. The van der Waals surface area contributed by atoms with E-state index >= 15 is 0 Å². The third-order valence-electron chi connectivity index (χ3n) is 5.03. The number of fused-ring (bicyclic) bond motifs is 2. The molecule has 3 heterocycles. The Bertz CT molecular complexity index is 994. The zero-order chi connectivity index (χ0) is 19.5. The lowest BCUT2D eigenvalue weighted by Gasteiger charge is -2.25.